The van der Waals surface area contributed by atoms with E-state index in [1.807, 2.05) is 0 Å². The molecule has 6 nitrogen and oxygen atoms in total. The van der Waals surface area contributed by atoms with Crippen molar-refractivity contribution in [3.63, 3.8) is 0 Å². The van der Waals surface area contributed by atoms with E-state index < -0.39 is 46.9 Å². The van der Waals surface area contributed by atoms with Gasteiger partial charge in [-0.25, -0.2) is 22.4 Å². The van der Waals surface area contributed by atoms with Gasteiger partial charge < -0.3 is 4.74 Å². The van der Waals surface area contributed by atoms with Crippen LogP contribution >= 0.6 is 0 Å². The molecule has 0 aromatic heterocycles. The highest BCUT2D eigenvalue weighted by molar-refractivity contribution is 6.38. The number of halogens is 4. The van der Waals surface area contributed by atoms with Gasteiger partial charge in [-0.05, 0) is 19.3 Å². The fourth-order valence-corrected chi connectivity index (χ4v) is 2.89. The third-order valence-electron chi connectivity index (χ3n) is 4.32. The van der Waals surface area contributed by atoms with Crippen molar-refractivity contribution in [3.05, 3.63) is 29.3 Å². The van der Waals surface area contributed by atoms with E-state index in [-0.39, 0.29) is 41.8 Å². The maximum absolute atomic E-state index is 13.9. The molecular weight excluding hydrogens is 372 g/mol. The Bertz CT molecular complexity index is 830. The first-order valence-electron chi connectivity index (χ1n) is 8.26. The molecule has 1 aromatic rings. The number of rotatable bonds is 3. The third kappa shape index (κ3) is 3.69. The van der Waals surface area contributed by atoms with E-state index in [1.165, 1.54) is 0 Å². The lowest BCUT2D eigenvalue weighted by molar-refractivity contribution is -0.150. The normalized spacial score (nSPS) is 20.5. The summed E-state index contributed by atoms with van der Waals surface area (Å²) in [7, 11) is 0. The minimum atomic E-state index is -1.82. The van der Waals surface area contributed by atoms with E-state index in [0.717, 1.165) is 0 Å². The van der Waals surface area contributed by atoms with Gasteiger partial charge in [0.05, 0.1) is 0 Å². The molecule has 1 amide bonds. The van der Waals surface area contributed by atoms with Gasteiger partial charge in [-0.1, -0.05) is 0 Å². The Morgan fingerprint density at radius 3 is 2.33 bits per heavy atom. The van der Waals surface area contributed by atoms with E-state index in [4.69, 9.17) is 4.74 Å². The molecule has 144 valence electrons. The van der Waals surface area contributed by atoms with Crippen LogP contribution in [-0.2, 0) is 19.1 Å². The summed E-state index contributed by atoms with van der Waals surface area (Å²) in [6.07, 6.45) is 0.478. The number of hydrazone groups is 1. The Morgan fingerprint density at radius 1 is 1.04 bits per heavy atom. The van der Waals surface area contributed by atoms with E-state index in [9.17, 15) is 31.9 Å². The van der Waals surface area contributed by atoms with E-state index >= 15 is 0 Å². The predicted molar refractivity (Wildman–Crippen MR) is 83.8 cm³/mol. The zero-order valence-electron chi connectivity index (χ0n) is 13.9. The number of hydrogen-bond acceptors (Lipinski definition) is 5. The van der Waals surface area contributed by atoms with Crippen LogP contribution in [0.25, 0.3) is 0 Å². The zero-order valence-corrected chi connectivity index (χ0v) is 13.9. The summed E-state index contributed by atoms with van der Waals surface area (Å²) in [5.74, 6) is -9.29. The molecule has 0 saturated heterocycles. The van der Waals surface area contributed by atoms with Crippen LogP contribution in [0.3, 0.4) is 0 Å². The summed E-state index contributed by atoms with van der Waals surface area (Å²) in [6.45, 7) is 0. The molecule has 3 rings (SSSR count). The zero-order chi connectivity index (χ0) is 19.7. The summed E-state index contributed by atoms with van der Waals surface area (Å²) in [5.41, 5.74) is -1.73. The molecule has 1 aliphatic carbocycles. The molecule has 1 atom stereocenters. The minimum Gasteiger partial charge on any atom is -0.450 e. The summed E-state index contributed by atoms with van der Waals surface area (Å²) >= 11 is 0. The van der Waals surface area contributed by atoms with Gasteiger partial charge in [0.2, 0.25) is 5.91 Å². The second-order valence-corrected chi connectivity index (χ2v) is 6.18. The van der Waals surface area contributed by atoms with Crippen molar-refractivity contribution >= 4 is 29.1 Å². The number of hydrogen-bond donors (Lipinski definition) is 0. The van der Waals surface area contributed by atoms with E-state index in [2.05, 4.69) is 5.10 Å². The summed E-state index contributed by atoms with van der Waals surface area (Å²) < 4.78 is 59.8. The lowest BCUT2D eigenvalue weighted by Crippen LogP contribution is -2.38. The first-order valence-corrected chi connectivity index (χ1v) is 8.26. The predicted octanol–water partition coefficient (Wildman–Crippen LogP) is 2.78. The first kappa shape index (κ1) is 19.0. The van der Waals surface area contributed by atoms with Gasteiger partial charge in [-0.3, -0.25) is 9.59 Å². The van der Waals surface area contributed by atoms with E-state index in [1.54, 1.807) is 0 Å². The number of anilines is 1. The molecule has 1 aliphatic heterocycles. The number of carbonyl (C=O) groups is 3. The number of ether oxygens (including phenoxy) is 1. The summed E-state index contributed by atoms with van der Waals surface area (Å²) in [6, 6.07) is -0.00380. The van der Waals surface area contributed by atoms with Crippen molar-refractivity contribution in [3.8, 4) is 0 Å². The standard InChI is InChI=1S/C17H14F4N2O4/c18-8-7-9(19)15(21)16(14(8)20)23-13(25)6-5-10(22-23)17(26)27-12-4-2-1-3-11(12)24/h7,12H,1-6H2/t12-/m1/s1. The van der Waals surface area contributed by atoms with Crippen molar-refractivity contribution in [2.45, 2.75) is 44.6 Å². The largest absolute Gasteiger partial charge is 0.450 e. The molecule has 0 N–H and O–H groups in total. The molecule has 0 spiro atoms. The van der Waals surface area contributed by atoms with Crippen molar-refractivity contribution in [2.75, 3.05) is 5.01 Å². The molecule has 1 aromatic carbocycles. The lowest BCUT2D eigenvalue weighted by Gasteiger charge is -2.25. The topological polar surface area (TPSA) is 76.0 Å². The number of benzene rings is 1. The van der Waals surface area contributed by atoms with Crippen LogP contribution in [0.5, 0.6) is 0 Å². The molecular formula is C17H14F4N2O4. The summed E-state index contributed by atoms with van der Waals surface area (Å²) in [4.78, 5) is 35.9. The molecule has 0 bridgehead atoms. The maximum atomic E-state index is 13.9. The Balaban J connectivity index is 1.90. The Labute approximate surface area is 150 Å². The second kappa shape index (κ2) is 7.45. The lowest BCUT2D eigenvalue weighted by atomic mass is 9.96. The van der Waals surface area contributed by atoms with Gasteiger partial charge in [-0.15, -0.1) is 0 Å². The monoisotopic (exact) mass is 386 g/mol. The second-order valence-electron chi connectivity index (χ2n) is 6.18. The number of ketones is 1. The van der Waals surface area contributed by atoms with Crippen LogP contribution in [0, 0.1) is 23.3 Å². The van der Waals surface area contributed by atoms with Crippen LogP contribution in [0.2, 0.25) is 0 Å². The van der Waals surface area contributed by atoms with Gasteiger partial charge in [-0.2, -0.15) is 10.1 Å². The highest BCUT2D eigenvalue weighted by atomic mass is 19.2. The number of Topliss-reactive ketones (excluding diaryl/α,β-unsaturated/α-hetero) is 1. The number of nitrogens with zero attached hydrogens (tertiary/aromatic N) is 2. The van der Waals surface area contributed by atoms with Gasteiger partial charge in [0, 0.05) is 25.3 Å². The molecule has 0 radical (unpaired) electrons. The number of carbonyl (C=O) groups excluding carboxylic acids is 3. The van der Waals surface area contributed by atoms with Gasteiger partial charge in [0.1, 0.15) is 11.4 Å². The SMILES string of the molecule is O=C(O[C@@H]1CCCCC1=O)C1=NN(c2c(F)c(F)cc(F)c2F)C(=O)CC1. The Kier molecular flexibility index (Phi) is 5.24. The fraction of sp³-hybridized carbons (Fsp3) is 0.412. The van der Waals surface area contributed by atoms with Crippen molar-refractivity contribution in [2.24, 2.45) is 5.10 Å². The van der Waals surface area contributed by atoms with Crippen LogP contribution < -0.4 is 5.01 Å². The Hall–Kier alpha value is -2.78. The maximum Gasteiger partial charge on any atom is 0.355 e. The van der Waals surface area contributed by atoms with E-state index in [0.29, 0.717) is 19.3 Å². The highest BCUT2D eigenvalue weighted by Gasteiger charge is 2.34. The molecule has 1 fully saturated rings. The van der Waals surface area contributed by atoms with Crippen LogP contribution in [0.1, 0.15) is 38.5 Å². The molecule has 10 heteroatoms. The van der Waals surface area contributed by atoms with Gasteiger partial charge in [0.15, 0.2) is 35.2 Å². The van der Waals surface area contributed by atoms with Gasteiger partial charge >= 0.3 is 5.97 Å². The molecule has 2 aliphatic rings. The van der Waals surface area contributed by atoms with Gasteiger partial charge in [0.25, 0.3) is 0 Å². The fourth-order valence-electron chi connectivity index (χ4n) is 2.89. The first-order chi connectivity index (χ1) is 12.8. The molecule has 1 heterocycles. The smallest absolute Gasteiger partial charge is 0.355 e. The number of amides is 1. The Morgan fingerprint density at radius 2 is 1.70 bits per heavy atom. The number of esters is 1. The highest BCUT2D eigenvalue weighted by Crippen LogP contribution is 2.30. The molecule has 0 unspecified atom stereocenters. The molecule has 27 heavy (non-hydrogen) atoms. The third-order valence-corrected chi connectivity index (χ3v) is 4.32. The average molecular weight is 386 g/mol. The van der Waals surface area contributed by atoms with Crippen LogP contribution in [-0.4, -0.2) is 29.5 Å². The molecule has 1 saturated carbocycles. The van der Waals surface area contributed by atoms with Crippen LogP contribution in [0.15, 0.2) is 11.2 Å². The average Bonchev–Trinajstić information content (AvgIpc) is 2.63. The summed E-state index contributed by atoms with van der Waals surface area (Å²) in [5, 5.41) is 3.64. The quantitative estimate of drug-likeness (QED) is 0.455. The van der Waals surface area contributed by atoms with Crippen molar-refractivity contribution in [1.29, 1.82) is 0 Å². The minimum absolute atomic E-state index is 0.00380. The van der Waals surface area contributed by atoms with Crippen molar-refractivity contribution in [1.82, 2.24) is 0 Å². The van der Waals surface area contributed by atoms with Crippen LogP contribution in [0.4, 0.5) is 23.2 Å². The van der Waals surface area contributed by atoms with Crippen molar-refractivity contribution < 1.29 is 36.7 Å².